The zero-order valence-corrected chi connectivity index (χ0v) is 13.8. The summed E-state index contributed by atoms with van der Waals surface area (Å²) in [7, 11) is 2.23. The lowest BCUT2D eigenvalue weighted by Crippen LogP contribution is -2.62. The van der Waals surface area contributed by atoms with Gasteiger partial charge in [-0.25, -0.2) is 0 Å². The molecule has 0 amide bonds. The highest BCUT2D eigenvalue weighted by Crippen LogP contribution is 2.33. The van der Waals surface area contributed by atoms with Crippen molar-refractivity contribution in [1.82, 2.24) is 15.1 Å². The van der Waals surface area contributed by atoms with Gasteiger partial charge in [-0.3, -0.25) is 9.80 Å². The third-order valence-corrected chi connectivity index (χ3v) is 5.54. The summed E-state index contributed by atoms with van der Waals surface area (Å²) in [5, 5.41) is 13.4. The van der Waals surface area contributed by atoms with Crippen LogP contribution in [0.5, 0.6) is 0 Å². The lowest BCUT2D eigenvalue weighted by atomic mass is 9.78. The highest BCUT2D eigenvalue weighted by molar-refractivity contribution is 4.99. The minimum atomic E-state index is -0.0365. The Morgan fingerprint density at radius 3 is 2.65 bits per heavy atom. The lowest BCUT2D eigenvalue weighted by Gasteiger charge is -2.51. The Balaban J connectivity index is 2.02. The van der Waals surface area contributed by atoms with Gasteiger partial charge in [0, 0.05) is 36.8 Å². The molecule has 1 heterocycles. The van der Waals surface area contributed by atoms with Gasteiger partial charge in [-0.1, -0.05) is 6.92 Å². The zero-order chi connectivity index (χ0) is 14.8. The van der Waals surface area contributed by atoms with Gasteiger partial charge in [0.2, 0.25) is 0 Å². The van der Waals surface area contributed by atoms with Crippen LogP contribution in [0, 0.1) is 0 Å². The summed E-state index contributed by atoms with van der Waals surface area (Å²) >= 11 is 0. The quantitative estimate of drug-likeness (QED) is 0.816. The SMILES string of the molecule is CCNC1(CO)CCCC(N2CCN(C)C(C)(C)C2)C1. The molecule has 0 aromatic heterocycles. The molecule has 0 bridgehead atoms. The monoisotopic (exact) mass is 283 g/mol. The second-order valence-corrected chi connectivity index (χ2v) is 7.42. The fourth-order valence-corrected chi connectivity index (χ4v) is 3.97. The van der Waals surface area contributed by atoms with E-state index in [1.807, 2.05) is 0 Å². The molecule has 0 spiro atoms. The van der Waals surface area contributed by atoms with E-state index in [4.69, 9.17) is 0 Å². The molecule has 2 fully saturated rings. The van der Waals surface area contributed by atoms with E-state index in [1.165, 1.54) is 12.8 Å². The topological polar surface area (TPSA) is 38.7 Å². The predicted octanol–water partition coefficient (Wildman–Crippen LogP) is 1.30. The van der Waals surface area contributed by atoms with E-state index in [0.717, 1.165) is 39.0 Å². The highest BCUT2D eigenvalue weighted by Gasteiger charge is 2.40. The van der Waals surface area contributed by atoms with Crippen molar-refractivity contribution in [3.05, 3.63) is 0 Å². The molecule has 2 unspecified atom stereocenters. The van der Waals surface area contributed by atoms with Crippen molar-refractivity contribution in [1.29, 1.82) is 0 Å². The molecular formula is C16H33N3O. The molecule has 1 aliphatic heterocycles. The van der Waals surface area contributed by atoms with Crippen molar-refractivity contribution < 1.29 is 5.11 Å². The Hall–Kier alpha value is -0.160. The van der Waals surface area contributed by atoms with Gasteiger partial charge in [-0.2, -0.15) is 0 Å². The van der Waals surface area contributed by atoms with Crippen molar-refractivity contribution >= 4 is 0 Å². The molecule has 20 heavy (non-hydrogen) atoms. The van der Waals surface area contributed by atoms with Crippen molar-refractivity contribution in [2.24, 2.45) is 0 Å². The normalized spacial score (nSPS) is 36.1. The first-order chi connectivity index (χ1) is 9.42. The molecule has 4 heteroatoms. The Labute approximate surface area is 124 Å². The molecule has 2 aliphatic rings. The maximum absolute atomic E-state index is 9.84. The Kier molecular flexibility index (Phi) is 5.11. The van der Waals surface area contributed by atoms with Crippen molar-refractivity contribution in [3.63, 3.8) is 0 Å². The van der Waals surface area contributed by atoms with Crippen LogP contribution in [0.1, 0.15) is 46.5 Å². The molecular weight excluding hydrogens is 250 g/mol. The molecule has 2 rings (SSSR count). The van der Waals surface area contributed by atoms with Gasteiger partial charge in [0.1, 0.15) is 0 Å². The fourth-order valence-electron chi connectivity index (χ4n) is 3.97. The second-order valence-electron chi connectivity index (χ2n) is 7.42. The molecule has 1 saturated carbocycles. The Morgan fingerprint density at radius 1 is 1.30 bits per heavy atom. The summed E-state index contributed by atoms with van der Waals surface area (Å²) in [6, 6.07) is 0.628. The van der Waals surface area contributed by atoms with Gasteiger partial charge in [-0.05, 0) is 53.1 Å². The van der Waals surface area contributed by atoms with Crippen molar-refractivity contribution in [2.75, 3.05) is 39.8 Å². The first kappa shape index (κ1) is 16.2. The largest absolute Gasteiger partial charge is 0.394 e. The number of aliphatic hydroxyl groups excluding tert-OH is 1. The summed E-state index contributed by atoms with van der Waals surface area (Å²) in [5.74, 6) is 0. The van der Waals surface area contributed by atoms with Crippen molar-refractivity contribution in [2.45, 2.75) is 63.6 Å². The van der Waals surface area contributed by atoms with Crippen LogP contribution in [-0.4, -0.2) is 71.9 Å². The van der Waals surface area contributed by atoms with Crippen LogP contribution in [0.3, 0.4) is 0 Å². The van der Waals surface area contributed by atoms with Gasteiger partial charge < -0.3 is 10.4 Å². The first-order valence-electron chi connectivity index (χ1n) is 8.24. The van der Waals surface area contributed by atoms with Crippen LogP contribution in [0.2, 0.25) is 0 Å². The predicted molar refractivity (Wildman–Crippen MR) is 84.0 cm³/mol. The van der Waals surface area contributed by atoms with E-state index >= 15 is 0 Å². The zero-order valence-electron chi connectivity index (χ0n) is 13.8. The lowest BCUT2D eigenvalue weighted by molar-refractivity contribution is -0.0116. The maximum atomic E-state index is 9.84. The van der Waals surface area contributed by atoms with Gasteiger partial charge in [0.25, 0.3) is 0 Å². The third kappa shape index (κ3) is 3.35. The summed E-state index contributed by atoms with van der Waals surface area (Å²) < 4.78 is 0. The maximum Gasteiger partial charge on any atom is 0.0613 e. The average molecular weight is 283 g/mol. The van der Waals surface area contributed by atoms with Crippen LogP contribution >= 0.6 is 0 Å². The van der Waals surface area contributed by atoms with Crippen LogP contribution in [0.4, 0.5) is 0 Å². The van der Waals surface area contributed by atoms with Gasteiger partial charge in [0.05, 0.1) is 6.61 Å². The van der Waals surface area contributed by atoms with Crippen LogP contribution < -0.4 is 5.32 Å². The van der Waals surface area contributed by atoms with Crippen molar-refractivity contribution in [3.8, 4) is 0 Å². The summed E-state index contributed by atoms with van der Waals surface area (Å²) in [6.45, 7) is 11.5. The van der Waals surface area contributed by atoms with E-state index in [2.05, 4.69) is 42.9 Å². The number of rotatable bonds is 4. The smallest absolute Gasteiger partial charge is 0.0613 e. The van der Waals surface area contributed by atoms with E-state index in [0.29, 0.717) is 6.04 Å². The molecule has 1 saturated heterocycles. The minimum Gasteiger partial charge on any atom is -0.394 e. The summed E-state index contributed by atoms with van der Waals surface area (Å²) in [6.07, 6.45) is 4.72. The second kappa shape index (κ2) is 6.30. The highest BCUT2D eigenvalue weighted by atomic mass is 16.3. The average Bonchev–Trinajstić information content (AvgIpc) is 2.42. The minimum absolute atomic E-state index is 0.0365. The molecule has 2 atom stereocenters. The Morgan fingerprint density at radius 2 is 2.05 bits per heavy atom. The molecule has 1 aliphatic carbocycles. The number of hydrogen-bond acceptors (Lipinski definition) is 4. The van der Waals surface area contributed by atoms with Crippen LogP contribution in [0.15, 0.2) is 0 Å². The number of piperazine rings is 1. The van der Waals surface area contributed by atoms with Gasteiger partial charge >= 0.3 is 0 Å². The molecule has 118 valence electrons. The van der Waals surface area contributed by atoms with E-state index in [-0.39, 0.29) is 17.7 Å². The van der Waals surface area contributed by atoms with Crippen LogP contribution in [-0.2, 0) is 0 Å². The third-order valence-electron chi connectivity index (χ3n) is 5.54. The number of nitrogens with zero attached hydrogens (tertiary/aromatic N) is 2. The van der Waals surface area contributed by atoms with Crippen LogP contribution in [0.25, 0.3) is 0 Å². The van der Waals surface area contributed by atoms with E-state index < -0.39 is 0 Å². The Bertz CT molecular complexity index is 317. The first-order valence-corrected chi connectivity index (χ1v) is 8.24. The summed E-state index contributed by atoms with van der Waals surface area (Å²) in [4.78, 5) is 5.14. The number of aliphatic hydroxyl groups is 1. The molecule has 0 aromatic carbocycles. The molecule has 4 nitrogen and oxygen atoms in total. The molecule has 2 N–H and O–H groups in total. The molecule has 0 radical (unpaired) electrons. The van der Waals surface area contributed by atoms with Gasteiger partial charge in [-0.15, -0.1) is 0 Å². The molecule has 0 aromatic rings. The number of nitrogens with one attached hydrogen (secondary N) is 1. The summed E-state index contributed by atoms with van der Waals surface area (Å²) in [5.41, 5.74) is 0.223. The number of hydrogen-bond donors (Lipinski definition) is 2. The van der Waals surface area contributed by atoms with E-state index in [1.54, 1.807) is 0 Å². The number of likely N-dealkylation sites (N-methyl/N-ethyl adjacent to an activating group) is 2. The van der Waals surface area contributed by atoms with Gasteiger partial charge in [0.15, 0.2) is 0 Å². The standard InChI is InChI=1S/C16H33N3O/c1-5-17-16(13-20)8-6-7-14(11-16)19-10-9-18(4)15(2,3)12-19/h14,17,20H,5-13H2,1-4H3. The van der Waals surface area contributed by atoms with E-state index in [9.17, 15) is 5.11 Å². The fraction of sp³-hybridized carbons (Fsp3) is 1.00.